The highest BCUT2D eigenvalue weighted by Gasteiger charge is 2.47. The SMILES string of the molecule is CCS(=O)(=O)c1cc(C(F)(F)F)cnc1-n1ncc2ccc(S(=O)(=O)C(F)(F)F)cc2c1=O. The predicted octanol–water partition coefficient (Wildman–Crippen LogP) is 2.89. The van der Waals surface area contributed by atoms with Gasteiger partial charge in [0.1, 0.15) is 4.90 Å². The average molecular weight is 515 g/mol. The molecule has 0 saturated heterocycles. The first-order valence-corrected chi connectivity index (χ1v) is 11.8. The van der Waals surface area contributed by atoms with Gasteiger partial charge in [0.05, 0.1) is 27.8 Å². The number of sulfone groups is 2. The van der Waals surface area contributed by atoms with E-state index in [-0.39, 0.29) is 22.3 Å². The summed E-state index contributed by atoms with van der Waals surface area (Å²) < 4.78 is 126. The molecular formula is C17H11F6N3O5S2. The minimum absolute atomic E-state index is 0.107. The molecule has 0 bridgehead atoms. The van der Waals surface area contributed by atoms with Gasteiger partial charge in [0.25, 0.3) is 15.4 Å². The Morgan fingerprint density at radius 2 is 1.61 bits per heavy atom. The Kier molecular flexibility index (Phi) is 5.82. The topological polar surface area (TPSA) is 116 Å². The number of halogens is 6. The van der Waals surface area contributed by atoms with Crippen LogP contribution in [0, 0.1) is 0 Å². The highest BCUT2D eigenvalue weighted by atomic mass is 32.2. The summed E-state index contributed by atoms with van der Waals surface area (Å²) in [6.45, 7) is 1.13. The molecule has 0 atom stereocenters. The number of hydrogen-bond donors (Lipinski definition) is 0. The van der Waals surface area contributed by atoms with Gasteiger partial charge in [-0.2, -0.15) is 36.1 Å². The lowest BCUT2D eigenvalue weighted by atomic mass is 10.2. The standard InChI is InChI=1S/C17H11F6N3O5S2/c1-2-32(28,29)13-5-10(16(18,19)20)8-24-14(13)26-15(27)12-6-11(4-3-9(12)7-25-26)33(30,31)17(21,22)23/h3-8H,2H2,1H3. The first-order chi connectivity index (χ1) is 15.0. The van der Waals surface area contributed by atoms with Gasteiger partial charge in [-0.15, -0.1) is 0 Å². The van der Waals surface area contributed by atoms with Crippen molar-refractivity contribution in [3.05, 3.63) is 52.6 Å². The molecule has 0 amide bonds. The van der Waals surface area contributed by atoms with Crippen LogP contribution in [0.25, 0.3) is 16.6 Å². The van der Waals surface area contributed by atoms with E-state index in [1.807, 2.05) is 0 Å². The third-order valence-corrected chi connectivity index (χ3v) is 7.67. The smallest absolute Gasteiger partial charge is 0.267 e. The molecule has 16 heteroatoms. The van der Waals surface area contributed by atoms with Crippen LogP contribution in [0.4, 0.5) is 26.3 Å². The molecule has 8 nitrogen and oxygen atoms in total. The van der Waals surface area contributed by atoms with Gasteiger partial charge < -0.3 is 0 Å². The fraction of sp³-hybridized carbons (Fsp3) is 0.235. The van der Waals surface area contributed by atoms with Gasteiger partial charge in [0.15, 0.2) is 15.7 Å². The number of nitrogens with zero attached hydrogens (tertiary/aromatic N) is 3. The van der Waals surface area contributed by atoms with E-state index in [1.165, 1.54) is 0 Å². The van der Waals surface area contributed by atoms with Crippen LogP contribution in [0.1, 0.15) is 12.5 Å². The summed E-state index contributed by atoms with van der Waals surface area (Å²) in [5.74, 6) is -1.50. The van der Waals surface area contributed by atoms with Crippen molar-refractivity contribution in [3.8, 4) is 5.82 Å². The van der Waals surface area contributed by atoms with Crippen LogP contribution in [0.15, 0.2) is 51.2 Å². The summed E-state index contributed by atoms with van der Waals surface area (Å²) in [5, 5.41) is 2.92. The van der Waals surface area contributed by atoms with Gasteiger partial charge in [-0.05, 0) is 18.2 Å². The van der Waals surface area contributed by atoms with Crippen LogP contribution in [0.3, 0.4) is 0 Å². The van der Waals surface area contributed by atoms with E-state index in [2.05, 4.69) is 10.1 Å². The summed E-state index contributed by atoms with van der Waals surface area (Å²) in [7, 11) is -10.2. The van der Waals surface area contributed by atoms with E-state index in [9.17, 15) is 48.0 Å². The Hall–Kier alpha value is -3.01. The third kappa shape index (κ3) is 4.31. The maximum absolute atomic E-state index is 13.1. The number of pyridine rings is 1. The second-order valence-electron chi connectivity index (χ2n) is 6.51. The normalized spacial score (nSPS) is 13.4. The summed E-state index contributed by atoms with van der Waals surface area (Å²) in [4.78, 5) is 14.0. The molecule has 0 radical (unpaired) electrons. The monoisotopic (exact) mass is 515 g/mol. The molecule has 2 heterocycles. The minimum Gasteiger partial charge on any atom is -0.267 e. The van der Waals surface area contributed by atoms with Crippen LogP contribution < -0.4 is 5.56 Å². The summed E-state index contributed by atoms with van der Waals surface area (Å²) >= 11 is 0. The second-order valence-corrected chi connectivity index (χ2v) is 10.7. The summed E-state index contributed by atoms with van der Waals surface area (Å²) in [6.07, 6.45) is -3.82. The van der Waals surface area contributed by atoms with Crippen LogP contribution in [-0.2, 0) is 25.9 Å². The molecule has 1 aromatic carbocycles. The van der Waals surface area contributed by atoms with Crippen molar-refractivity contribution in [3.63, 3.8) is 0 Å². The van der Waals surface area contributed by atoms with Crippen LogP contribution in [0.2, 0.25) is 0 Å². The number of hydrogen-bond acceptors (Lipinski definition) is 7. The van der Waals surface area contributed by atoms with Gasteiger partial charge in [-0.25, -0.2) is 21.8 Å². The average Bonchev–Trinajstić information content (AvgIpc) is 2.72. The van der Waals surface area contributed by atoms with Crippen molar-refractivity contribution in [2.24, 2.45) is 0 Å². The molecule has 2 aromatic heterocycles. The largest absolute Gasteiger partial charge is 0.501 e. The van der Waals surface area contributed by atoms with Gasteiger partial charge >= 0.3 is 11.7 Å². The molecule has 0 fully saturated rings. The number of alkyl halides is 6. The Bertz CT molecular complexity index is 1530. The van der Waals surface area contributed by atoms with Gasteiger partial charge in [-0.3, -0.25) is 4.79 Å². The minimum atomic E-state index is -5.82. The molecule has 0 aliphatic rings. The Morgan fingerprint density at radius 3 is 2.15 bits per heavy atom. The van der Waals surface area contributed by atoms with E-state index in [0.29, 0.717) is 12.1 Å². The van der Waals surface area contributed by atoms with Crippen LogP contribution in [0.5, 0.6) is 0 Å². The van der Waals surface area contributed by atoms with E-state index in [1.54, 1.807) is 0 Å². The number of fused-ring (bicyclic) bond motifs is 1. The zero-order valence-corrected chi connectivity index (χ0v) is 17.8. The maximum atomic E-state index is 13.1. The lowest BCUT2D eigenvalue weighted by Gasteiger charge is -2.14. The molecule has 3 aromatic rings. The zero-order valence-electron chi connectivity index (χ0n) is 16.1. The molecule has 178 valence electrons. The molecule has 0 saturated carbocycles. The van der Waals surface area contributed by atoms with Crippen LogP contribution >= 0.6 is 0 Å². The molecule has 0 aliphatic heterocycles. The number of benzene rings is 1. The molecule has 0 N–H and O–H groups in total. The fourth-order valence-corrected chi connectivity index (χ4v) is 4.53. The Morgan fingerprint density at radius 1 is 0.970 bits per heavy atom. The van der Waals surface area contributed by atoms with Crippen molar-refractivity contribution in [1.82, 2.24) is 14.8 Å². The number of rotatable bonds is 4. The first kappa shape index (κ1) is 24.6. The molecule has 0 spiro atoms. The molecule has 0 unspecified atom stereocenters. The van der Waals surface area contributed by atoms with E-state index in [0.717, 1.165) is 19.2 Å². The van der Waals surface area contributed by atoms with Crippen molar-refractivity contribution in [2.45, 2.75) is 28.4 Å². The van der Waals surface area contributed by atoms with Crippen LogP contribution in [-0.4, -0.2) is 42.9 Å². The molecular weight excluding hydrogens is 504 g/mol. The van der Waals surface area contributed by atoms with E-state index < -0.39 is 69.2 Å². The van der Waals surface area contributed by atoms with Crippen molar-refractivity contribution in [2.75, 3.05) is 5.75 Å². The highest BCUT2D eigenvalue weighted by Crippen LogP contribution is 2.33. The number of aromatic nitrogens is 3. The second kappa shape index (κ2) is 7.79. The lowest BCUT2D eigenvalue weighted by Crippen LogP contribution is -2.26. The third-order valence-electron chi connectivity index (χ3n) is 4.45. The summed E-state index contributed by atoms with van der Waals surface area (Å²) in [6, 6.07) is 2.14. The van der Waals surface area contributed by atoms with E-state index >= 15 is 0 Å². The Labute approximate surface area is 181 Å². The predicted molar refractivity (Wildman–Crippen MR) is 101 cm³/mol. The molecule has 3 rings (SSSR count). The lowest BCUT2D eigenvalue weighted by molar-refractivity contribution is -0.138. The van der Waals surface area contributed by atoms with Crippen molar-refractivity contribution < 1.29 is 43.2 Å². The van der Waals surface area contributed by atoms with Gasteiger partial charge in [-0.1, -0.05) is 13.0 Å². The van der Waals surface area contributed by atoms with E-state index in [4.69, 9.17) is 0 Å². The van der Waals surface area contributed by atoms with Crippen molar-refractivity contribution in [1.29, 1.82) is 0 Å². The molecule has 33 heavy (non-hydrogen) atoms. The van der Waals surface area contributed by atoms with Gasteiger partial charge in [0, 0.05) is 11.6 Å². The fourth-order valence-electron chi connectivity index (χ4n) is 2.71. The van der Waals surface area contributed by atoms with Gasteiger partial charge in [0.2, 0.25) is 0 Å². The Balaban J connectivity index is 2.35. The molecule has 0 aliphatic carbocycles. The quantitative estimate of drug-likeness (QED) is 0.491. The maximum Gasteiger partial charge on any atom is 0.501 e. The summed E-state index contributed by atoms with van der Waals surface area (Å²) in [5.41, 5.74) is -8.39. The van der Waals surface area contributed by atoms with Crippen molar-refractivity contribution >= 4 is 30.4 Å². The highest BCUT2D eigenvalue weighted by molar-refractivity contribution is 7.92. The zero-order chi connectivity index (χ0) is 25.0. The first-order valence-electron chi connectivity index (χ1n) is 8.64.